The van der Waals surface area contributed by atoms with Crippen molar-refractivity contribution >= 4 is 28.0 Å². The standard InChI is InChI=1S/C6H15O5PS2/c1-4-14(8,9)6-5-13-12(7,10-2)11-3/h4-6H2,1-3H3/i2D3,3D3. The molecule has 0 heterocycles. The van der Waals surface area contributed by atoms with Gasteiger partial charge in [-0.25, -0.2) is 13.0 Å². The first-order chi connectivity index (χ1) is 8.68. The van der Waals surface area contributed by atoms with Crippen LogP contribution in [-0.4, -0.2) is 39.8 Å². The molecule has 0 bridgehead atoms. The Morgan fingerprint density at radius 1 is 1.43 bits per heavy atom. The minimum absolute atomic E-state index is 0.141. The van der Waals surface area contributed by atoms with Crippen LogP contribution >= 0.6 is 18.2 Å². The van der Waals surface area contributed by atoms with Crippen molar-refractivity contribution in [3.05, 3.63) is 0 Å². The maximum absolute atomic E-state index is 12.0. The predicted octanol–water partition coefficient (Wildman–Crippen LogP) is 1.56. The van der Waals surface area contributed by atoms with Crippen molar-refractivity contribution in [2.24, 2.45) is 0 Å². The first-order valence-corrected chi connectivity index (χ1v) is 8.50. The number of hydrogen-bond donors (Lipinski definition) is 0. The average molecular weight is 268 g/mol. The SMILES string of the molecule is [2H]C([2H])([2H])OP(=O)(OC([2H])([2H])[2H])SCCS(=O)(=O)CC. The molecule has 0 saturated heterocycles. The van der Waals surface area contributed by atoms with Crippen molar-refractivity contribution in [1.29, 1.82) is 0 Å². The van der Waals surface area contributed by atoms with Gasteiger partial charge in [-0.3, -0.25) is 0 Å². The molecule has 0 radical (unpaired) electrons. The normalized spacial score (nSPS) is 21.2. The van der Waals surface area contributed by atoms with E-state index < -0.39 is 36.5 Å². The summed E-state index contributed by atoms with van der Waals surface area (Å²) in [5.74, 6) is -0.843. The van der Waals surface area contributed by atoms with Gasteiger partial charge in [0.2, 0.25) is 0 Å². The Kier molecular flexibility index (Phi) is 3.02. The van der Waals surface area contributed by atoms with Gasteiger partial charge in [0.1, 0.15) is 0 Å². The molecule has 0 aliphatic rings. The van der Waals surface area contributed by atoms with Gasteiger partial charge in [0.25, 0.3) is 0 Å². The molecule has 0 rings (SSSR count). The quantitative estimate of drug-likeness (QED) is 0.653. The van der Waals surface area contributed by atoms with E-state index in [0.717, 1.165) is 0 Å². The van der Waals surface area contributed by atoms with Gasteiger partial charge in [0, 0.05) is 25.6 Å². The second-order valence-electron chi connectivity index (χ2n) is 2.20. The van der Waals surface area contributed by atoms with Gasteiger partial charge in [-0.15, -0.1) is 0 Å². The summed E-state index contributed by atoms with van der Waals surface area (Å²) in [7, 11) is -9.62. The van der Waals surface area contributed by atoms with Gasteiger partial charge in [-0.05, 0) is 11.4 Å². The van der Waals surface area contributed by atoms with Gasteiger partial charge < -0.3 is 9.05 Å². The zero-order chi connectivity index (χ0) is 16.2. The molecule has 0 aromatic carbocycles. The van der Waals surface area contributed by atoms with Crippen LogP contribution < -0.4 is 0 Å². The zero-order valence-electron chi connectivity index (χ0n) is 13.4. The Morgan fingerprint density at radius 2 is 2.00 bits per heavy atom. The topological polar surface area (TPSA) is 69.7 Å². The summed E-state index contributed by atoms with van der Waals surface area (Å²) in [6.45, 7) is -3.12. The lowest BCUT2D eigenvalue weighted by Gasteiger charge is -2.11. The first kappa shape index (κ1) is 6.91. The van der Waals surface area contributed by atoms with E-state index in [9.17, 15) is 13.0 Å². The molecule has 5 nitrogen and oxygen atoms in total. The van der Waals surface area contributed by atoms with E-state index in [1.807, 2.05) is 0 Å². The molecule has 0 N–H and O–H groups in total. The van der Waals surface area contributed by atoms with Crippen LogP contribution in [0.5, 0.6) is 0 Å². The molecule has 0 amide bonds. The number of sulfone groups is 1. The minimum atomic E-state index is -4.53. The summed E-state index contributed by atoms with van der Waals surface area (Å²) in [6.07, 6.45) is 0. The smallest absolute Gasteiger partial charge is 0.304 e. The fourth-order valence-corrected chi connectivity index (χ4v) is 4.12. The summed E-state index contributed by atoms with van der Waals surface area (Å²) in [5.41, 5.74) is 0. The molecule has 0 aromatic rings. The lowest BCUT2D eigenvalue weighted by molar-refractivity contribution is 0.295. The van der Waals surface area contributed by atoms with Gasteiger partial charge in [0.15, 0.2) is 9.84 Å². The molecular weight excluding hydrogens is 247 g/mol. The zero-order valence-corrected chi connectivity index (χ0v) is 9.95. The monoisotopic (exact) mass is 268 g/mol. The van der Waals surface area contributed by atoms with Crippen molar-refractivity contribution in [2.75, 3.05) is 31.3 Å². The van der Waals surface area contributed by atoms with E-state index in [2.05, 4.69) is 9.05 Å². The summed E-state index contributed by atoms with van der Waals surface area (Å²) in [4.78, 5) is 0. The summed E-state index contributed by atoms with van der Waals surface area (Å²) in [6, 6.07) is 0. The van der Waals surface area contributed by atoms with Gasteiger partial charge in [-0.2, -0.15) is 0 Å². The molecule has 8 heteroatoms. The molecule has 86 valence electrons. The highest BCUT2D eigenvalue weighted by atomic mass is 32.7. The van der Waals surface area contributed by atoms with E-state index in [1.54, 1.807) is 0 Å². The Hall–Kier alpha value is 0.450. The Bertz CT molecular complexity index is 437. The Labute approximate surface area is 97.2 Å². The third-order valence-corrected chi connectivity index (χ3v) is 6.37. The first-order valence-electron chi connectivity index (χ1n) is 6.55. The van der Waals surface area contributed by atoms with Crippen molar-refractivity contribution in [3.8, 4) is 0 Å². The Morgan fingerprint density at radius 3 is 2.43 bits per heavy atom. The maximum atomic E-state index is 12.0. The molecule has 0 unspecified atom stereocenters. The minimum Gasteiger partial charge on any atom is -0.304 e. The highest BCUT2D eigenvalue weighted by molar-refractivity contribution is 8.55. The Balaban J connectivity index is 4.84. The second kappa shape index (κ2) is 6.12. The molecule has 0 fully saturated rings. The number of rotatable bonds is 7. The summed E-state index contributed by atoms with van der Waals surface area (Å²) < 4.78 is 83.9. The molecule has 0 atom stereocenters. The van der Waals surface area contributed by atoms with Gasteiger partial charge in [-0.1, -0.05) is 6.92 Å². The summed E-state index contributed by atoms with van der Waals surface area (Å²) >= 11 is 0.232. The predicted molar refractivity (Wildman–Crippen MR) is 58.4 cm³/mol. The average Bonchev–Trinajstić information content (AvgIpc) is 2.10. The van der Waals surface area contributed by atoms with Crippen LogP contribution in [0.15, 0.2) is 0 Å². The van der Waals surface area contributed by atoms with Crippen LogP contribution in [0, 0.1) is 0 Å². The molecule has 0 saturated carbocycles. The molecular formula is C6H15O5PS2. The third kappa shape index (κ3) is 5.36. The van der Waals surface area contributed by atoms with Gasteiger partial charge >= 0.3 is 6.80 Å². The molecule has 0 aliphatic heterocycles. The molecule has 0 aliphatic carbocycles. The van der Waals surface area contributed by atoms with Crippen molar-refractivity contribution in [3.63, 3.8) is 0 Å². The maximum Gasteiger partial charge on any atom is 0.388 e. The lowest BCUT2D eigenvalue weighted by Crippen LogP contribution is -2.10. The largest absolute Gasteiger partial charge is 0.388 e. The van der Waals surface area contributed by atoms with Crippen LogP contribution in [-0.2, 0) is 23.4 Å². The van der Waals surface area contributed by atoms with E-state index in [1.165, 1.54) is 6.92 Å². The lowest BCUT2D eigenvalue weighted by atomic mass is 10.9. The highest BCUT2D eigenvalue weighted by Crippen LogP contribution is 2.59. The molecule has 0 spiro atoms. The van der Waals surface area contributed by atoms with Crippen LogP contribution in [0.1, 0.15) is 15.1 Å². The van der Waals surface area contributed by atoms with Crippen LogP contribution in [0.2, 0.25) is 0 Å². The number of hydrogen-bond acceptors (Lipinski definition) is 6. The van der Waals surface area contributed by atoms with Crippen molar-refractivity contribution < 1.29 is 30.3 Å². The van der Waals surface area contributed by atoms with Crippen LogP contribution in [0.25, 0.3) is 0 Å². The highest BCUT2D eigenvalue weighted by Gasteiger charge is 2.22. The fraction of sp³-hybridized carbons (Fsp3) is 1.00. The van der Waals surface area contributed by atoms with E-state index in [0.29, 0.717) is 0 Å². The van der Waals surface area contributed by atoms with E-state index in [4.69, 9.17) is 8.22 Å². The molecule has 14 heavy (non-hydrogen) atoms. The van der Waals surface area contributed by atoms with Crippen LogP contribution in [0.3, 0.4) is 0 Å². The summed E-state index contributed by atoms with van der Waals surface area (Å²) in [5, 5.41) is 0. The van der Waals surface area contributed by atoms with Crippen LogP contribution in [0.4, 0.5) is 0 Å². The van der Waals surface area contributed by atoms with Crippen molar-refractivity contribution in [2.45, 2.75) is 6.92 Å². The second-order valence-corrected chi connectivity index (χ2v) is 8.71. The molecule has 0 aromatic heterocycles. The van der Waals surface area contributed by atoms with E-state index >= 15 is 0 Å². The van der Waals surface area contributed by atoms with Crippen molar-refractivity contribution in [1.82, 2.24) is 0 Å². The van der Waals surface area contributed by atoms with Gasteiger partial charge in [0.05, 0.1) is 14.0 Å². The third-order valence-electron chi connectivity index (χ3n) is 1.31. The van der Waals surface area contributed by atoms with E-state index in [-0.39, 0.29) is 22.9 Å². The fourth-order valence-electron chi connectivity index (χ4n) is 0.492.